The van der Waals surface area contributed by atoms with Crippen LogP contribution in [0.1, 0.15) is 29.6 Å². The Labute approximate surface area is 155 Å². The van der Waals surface area contributed by atoms with Crippen molar-refractivity contribution in [3.8, 4) is 0 Å². The van der Waals surface area contributed by atoms with Crippen LogP contribution >= 0.6 is 0 Å². The Morgan fingerprint density at radius 3 is 2.81 bits per heavy atom. The summed E-state index contributed by atoms with van der Waals surface area (Å²) in [5, 5.41) is 3.04. The Morgan fingerprint density at radius 2 is 2.04 bits per heavy atom. The lowest BCUT2D eigenvalue weighted by molar-refractivity contribution is 0.0951. The molecule has 1 aliphatic carbocycles. The Bertz CT molecular complexity index is 760. The molecule has 136 valence electrons. The summed E-state index contributed by atoms with van der Waals surface area (Å²) < 4.78 is 0. The molecule has 0 bridgehead atoms. The molecule has 0 spiro atoms. The second kappa shape index (κ2) is 7.36. The van der Waals surface area contributed by atoms with Crippen LogP contribution in [0.4, 0.5) is 11.5 Å². The molecule has 0 unspecified atom stereocenters. The lowest BCUT2D eigenvalue weighted by Gasteiger charge is -2.23. The van der Waals surface area contributed by atoms with Crippen molar-refractivity contribution >= 4 is 17.4 Å². The van der Waals surface area contributed by atoms with Crippen molar-refractivity contribution in [2.24, 2.45) is 5.92 Å². The fourth-order valence-corrected chi connectivity index (χ4v) is 3.60. The summed E-state index contributed by atoms with van der Waals surface area (Å²) in [5.41, 5.74) is 2.00. The van der Waals surface area contributed by atoms with Crippen LogP contribution in [0.3, 0.4) is 0 Å². The predicted octanol–water partition coefficient (Wildman–Crippen LogP) is 2.94. The number of nitrogens with one attached hydrogen (secondary N) is 1. The van der Waals surface area contributed by atoms with Crippen molar-refractivity contribution in [1.29, 1.82) is 0 Å². The van der Waals surface area contributed by atoms with Crippen molar-refractivity contribution < 1.29 is 4.79 Å². The molecule has 1 aliphatic heterocycles. The van der Waals surface area contributed by atoms with Crippen molar-refractivity contribution in [2.45, 2.75) is 25.3 Å². The van der Waals surface area contributed by atoms with Gasteiger partial charge in [0.1, 0.15) is 5.82 Å². The maximum absolute atomic E-state index is 12.3. The molecule has 2 fully saturated rings. The highest BCUT2D eigenvalue weighted by Gasteiger charge is 2.25. The van der Waals surface area contributed by atoms with Crippen LogP contribution in [0, 0.1) is 5.92 Å². The average Bonchev–Trinajstić information content (AvgIpc) is 3.37. The molecular weight excluding hydrogens is 324 g/mol. The normalized spacial score (nSPS) is 19.4. The van der Waals surface area contributed by atoms with Crippen LogP contribution in [0.5, 0.6) is 0 Å². The number of benzene rings is 1. The van der Waals surface area contributed by atoms with E-state index in [2.05, 4.69) is 57.5 Å². The molecule has 1 N–H and O–H groups in total. The van der Waals surface area contributed by atoms with Crippen LogP contribution in [0.2, 0.25) is 0 Å². The number of aromatic nitrogens is 1. The lowest BCUT2D eigenvalue weighted by Crippen LogP contribution is -2.29. The largest absolute Gasteiger partial charge is 0.371 e. The summed E-state index contributed by atoms with van der Waals surface area (Å²) in [7, 11) is 2.07. The molecule has 1 aromatic heterocycles. The summed E-state index contributed by atoms with van der Waals surface area (Å²) in [6, 6.07) is 14.7. The number of rotatable bonds is 6. The standard InChI is InChI=1S/C21H26N4O/c1-24(14-16-10-12-25(15-16)19-5-3-2-4-6-19)20-13-17(9-11-22-20)21(26)23-18-7-8-18/h2-6,9,11,13,16,18H,7-8,10,12,14-15H2,1H3,(H,23,26)/t16-/m1/s1. The minimum absolute atomic E-state index is 0.0145. The molecule has 5 heteroatoms. The third-order valence-corrected chi connectivity index (χ3v) is 5.25. The maximum Gasteiger partial charge on any atom is 0.251 e. The van der Waals surface area contributed by atoms with E-state index in [1.165, 1.54) is 12.1 Å². The van der Waals surface area contributed by atoms with E-state index in [1.54, 1.807) is 12.3 Å². The highest BCUT2D eigenvalue weighted by molar-refractivity contribution is 5.95. The summed E-state index contributed by atoms with van der Waals surface area (Å²) in [6.45, 7) is 3.11. The molecule has 2 heterocycles. The number of carbonyl (C=O) groups is 1. The van der Waals surface area contributed by atoms with E-state index in [0.29, 0.717) is 17.5 Å². The number of nitrogens with zero attached hydrogens (tertiary/aromatic N) is 3. The Morgan fingerprint density at radius 1 is 1.23 bits per heavy atom. The SMILES string of the molecule is CN(C[C@H]1CCN(c2ccccc2)C1)c1cc(C(=O)NC2CC2)ccn1. The van der Waals surface area contributed by atoms with Crippen molar-refractivity contribution in [3.05, 3.63) is 54.2 Å². The number of pyridine rings is 1. The highest BCUT2D eigenvalue weighted by atomic mass is 16.1. The van der Waals surface area contributed by atoms with Crippen LogP contribution in [-0.4, -0.2) is 43.6 Å². The van der Waals surface area contributed by atoms with Crippen LogP contribution in [0.15, 0.2) is 48.7 Å². The lowest BCUT2D eigenvalue weighted by atomic mass is 10.1. The first kappa shape index (κ1) is 16.9. The van der Waals surface area contributed by atoms with Crippen LogP contribution in [-0.2, 0) is 0 Å². The van der Waals surface area contributed by atoms with Gasteiger partial charge in [-0.1, -0.05) is 18.2 Å². The van der Waals surface area contributed by atoms with Gasteiger partial charge in [0, 0.05) is 50.2 Å². The molecule has 0 radical (unpaired) electrons. The van der Waals surface area contributed by atoms with Gasteiger partial charge in [0.15, 0.2) is 0 Å². The second-order valence-corrected chi connectivity index (χ2v) is 7.47. The van der Waals surface area contributed by atoms with Crippen molar-refractivity contribution in [2.75, 3.05) is 36.5 Å². The average molecular weight is 350 g/mol. The van der Waals surface area contributed by atoms with Gasteiger partial charge < -0.3 is 15.1 Å². The predicted molar refractivity (Wildman–Crippen MR) is 105 cm³/mol. The van der Waals surface area contributed by atoms with Gasteiger partial charge >= 0.3 is 0 Å². The zero-order valence-corrected chi connectivity index (χ0v) is 15.3. The first-order valence-corrected chi connectivity index (χ1v) is 9.47. The number of anilines is 2. The zero-order chi connectivity index (χ0) is 17.9. The van der Waals surface area contributed by atoms with E-state index in [1.807, 2.05) is 6.07 Å². The Hall–Kier alpha value is -2.56. The zero-order valence-electron chi connectivity index (χ0n) is 15.3. The summed E-state index contributed by atoms with van der Waals surface area (Å²) in [6.07, 6.45) is 5.12. The van der Waals surface area contributed by atoms with Gasteiger partial charge in [0.25, 0.3) is 5.91 Å². The molecule has 5 nitrogen and oxygen atoms in total. The topological polar surface area (TPSA) is 48.5 Å². The molecule has 1 atom stereocenters. The van der Waals surface area contributed by atoms with Gasteiger partial charge in [-0.2, -0.15) is 0 Å². The number of hydrogen-bond acceptors (Lipinski definition) is 4. The monoisotopic (exact) mass is 350 g/mol. The molecule has 4 rings (SSSR count). The number of amides is 1. The maximum atomic E-state index is 12.3. The van der Waals surface area contributed by atoms with Gasteiger partial charge in [-0.25, -0.2) is 4.98 Å². The van der Waals surface area contributed by atoms with E-state index >= 15 is 0 Å². The van der Waals surface area contributed by atoms with Gasteiger partial charge in [0.05, 0.1) is 0 Å². The minimum Gasteiger partial charge on any atom is -0.371 e. The summed E-state index contributed by atoms with van der Waals surface area (Å²) >= 11 is 0. The van der Waals surface area contributed by atoms with Gasteiger partial charge in [-0.15, -0.1) is 0 Å². The highest BCUT2D eigenvalue weighted by Crippen LogP contribution is 2.25. The first-order valence-electron chi connectivity index (χ1n) is 9.47. The molecule has 1 amide bonds. The van der Waals surface area contributed by atoms with E-state index in [0.717, 1.165) is 38.3 Å². The Balaban J connectivity index is 1.36. The molecule has 26 heavy (non-hydrogen) atoms. The molecule has 1 saturated carbocycles. The molecular formula is C21H26N4O. The van der Waals surface area contributed by atoms with E-state index in [-0.39, 0.29) is 5.91 Å². The Kier molecular flexibility index (Phi) is 4.78. The second-order valence-electron chi connectivity index (χ2n) is 7.47. The smallest absolute Gasteiger partial charge is 0.251 e. The summed E-state index contributed by atoms with van der Waals surface area (Å²) in [5.74, 6) is 1.48. The number of para-hydroxylation sites is 1. The van der Waals surface area contributed by atoms with Gasteiger partial charge in [-0.05, 0) is 49.4 Å². The van der Waals surface area contributed by atoms with E-state index in [4.69, 9.17) is 0 Å². The summed E-state index contributed by atoms with van der Waals surface area (Å²) in [4.78, 5) is 21.3. The van der Waals surface area contributed by atoms with Crippen LogP contribution in [0.25, 0.3) is 0 Å². The number of hydrogen-bond donors (Lipinski definition) is 1. The first-order chi connectivity index (χ1) is 12.7. The third-order valence-electron chi connectivity index (χ3n) is 5.25. The fourth-order valence-electron chi connectivity index (χ4n) is 3.60. The van der Waals surface area contributed by atoms with E-state index < -0.39 is 0 Å². The molecule has 2 aromatic rings. The molecule has 2 aliphatic rings. The molecule has 1 saturated heterocycles. The van der Waals surface area contributed by atoms with Gasteiger partial charge in [0.2, 0.25) is 0 Å². The minimum atomic E-state index is 0.0145. The van der Waals surface area contributed by atoms with Crippen molar-refractivity contribution in [3.63, 3.8) is 0 Å². The van der Waals surface area contributed by atoms with Crippen molar-refractivity contribution in [1.82, 2.24) is 10.3 Å². The van der Waals surface area contributed by atoms with Gasteiger partial charge in [-0.3, -0.25) is 4.79 Å². The third kappa shape index (κ3) is 3.98. The fraction of sp³-hybridized carbons (Fsp3) is 0.429. The number of carbonyl (C=O) groups excluding carboxylic acids is 1. The quantitative estimate of drug-likeness (QED) is 0.870. The van der Waals surface area contributed by atoms with E-state index in [9.17, 15) is 4.79 Å². The van der Waals surface area contributed by atoms with Crippen LogP contribution < -0.4 is 15.1 Å². The molecule has 1 aromatic carbocycles.